The number of nitrogens with two attached hydrogens (primary N) is 1. The van der Waals surface area contributed by atoms with Gasteiger partial charge >= 0.3 is 0 Å². The molecule has 16 heavy (non-hydrogen) atoms. The van der Waals surface area contributed by atoms with Crippen molar-refractivity contribution in [2.24, 2.45) is 5.73 Å². The van der Waals surface area contributed by atoms with Gasteiger partial charge in [0.05, 0.1) is 6.04 Å². The molecule has 1 saturated heterocycles. The predicted molar refractivity (Wildman–Crippen MR) is 59.0 cm³/mol. The van der Waals surface area contributed by atoms with E-state index in [9.17, 15) is 4.79 Å². The minimum absolute atomic E-state index is 0.0275. The second-order valence-electron chi connectivity index (χ2n) is 4.37. The molecule has 0 bridgehead atoms. The van der Waals surface area contributed by atoms with Gasteiger partial charge in [-0.05, 0) is 6.07 Å². The summed E-state index contributed by atoms with van der Waals surface area (Å²) in [5, 5.41) is 0. The Morgan fingerprint density at radius 2 is 2.19 bits per heavy atom. The van der Waals surface area contributed by atoms with Crippen molar-refractivity contribution in [3.8, 4) is 5.75 Å². The zero-order valence-electron chi connectivity index (χ0n) is 8.93. The van der Waals surface area contributed by atoms with Crippen LogP contribution >= 0.6 is 0 Å². The highest BCUT2D eigenvalue weighted by Gasteiger charge is 2.37. The highest BCUT2D eigenvalue weighted by atomic mass is 16.5. The summed E-state index contributed by atoms with van der Waals surface area (Å²) in [6, 6.07) is 7.90. The highest BCUT2D eigenvalue weighted by Crippen LogP contribution is 2.37. The Bertz CT molecular complexity index is 433. The number of carbonyl (C=O) groups is 1. The number of rotatable bonds is 1. The van der Waals surface area contributed by atoms with Gasteiger partial charge in [-0.2, -0.15) is 0 Å². The number of nitrogens with zero attached hydrogens (tertiary/aromatic N) is 1. The molecule has 2 aliphatic heterocycles. The van der Waals surface area contributed by atoms with Crippen LogP contribution in [0.5, 0.6) is 5.75 Å². The van der Waals surface area contributed by atoms with Crippen molar-refractivity contribution in [3.05, 3.63) is 29.8 Å². The van der Waals surface area contributed by atoms with Crippen LogP contribution in [-0.4, -0.2) is 30.0 Å². The van der Waals surface area contributed by atoms with Gasteiger partial charge in [0.15, 0.2) is 0 Å². The normalized spacial score (nSPS) is 28.1. The van der Waals surface area contributed by atoms with E-state index in [-0.39, 0.29) is 18.0 Å². The molecule has 2 atom stereocenters. The van der Waals surface area contributed by atoms with E-state index in [0.717, 1.165) is 11.3 Å². The van der Waals surface area contributed by atoms with Gasteiger partial charge in [-0.15, -0.1) is 0 Å². The number of likely N-dealkylation sites (tertiary alicyclic amines) is 1. The lowest BCUT2D eigenvalue weighted by molar-refractivity contribution is -0.130. The first-order chi connectivity index (χ1) is 7.75. The number of hydrogen-bond acceptors (Lipinski definition) is 3. The van der Waals surface area contributed by atoms with Crippen LogP contribution in [0.3, 0.4) is 0 Å². The second kappa shape index (κ2) is 3.49. The number of ether oxygens (including phenoxy) is 1. The van der Waals surface area contributed by atoms with Crippen LogP contribution in [0.25, 0.3) is 0 Å². The maximum atomic E-state index is 11.8. The molecule has 3 rings (SSSR count). The van der Waals surface area contributed by atoms with Gasteiger partial charge in [0.1, 0.15) is 12.4 Å². The summed E-state index contributed by atoms with van der Waals surface area (Å²) in [7, 11) is 0. The molecule has 0 radical (unpaired) electrons. The summed E-state index contributed by atoms with van der Waals surface area (Å²) in [4.78, 5) is 13.6. The van der Waals surface area contributed by atoms with E-state index in [1.807, 2.05) is 29.2 Å². The number of hydrogen-bond donors (Lipinski definition) is 1. The molecule has 1 amide bonds. The summed E-state index contributed by atoms with van der Waals surface area (Å²) in [5.74, 6) is 1.03. The number of para-hydroxylation sites is 1. The van der Waals surface area contributed by atoms with E-state index in [1.54, 1.807) is 0 Å². The lowest BCUT2D eigenvalue weighted by Crippen LogP contribution is -2.33. The Kier molecular flexibility index (Phi) is 2.11. The molecule has 2 unspecified atom stereocenters. The average Bonchev–Trinajstić information content (AvgIpc) is 2.81. The van der Waals surface area contributed by atoms with Crippen LogP contribution in [0.4, 0.5) is 0 Å². The maximum Gasteiger partial charge on any atom is 0.224 e. The van der Waals surface area contributed by atoms with Gasteiger partial charge in [-0.25, -0.2) is 0 Å². The molecule has 1 fully saturated rings. The van der Waals surface area contributed by atoms with Crippen molar-refractivity contribution in [1.29, 1.82) is 0 Å². The lowest BCUT2D eigenvalue weighted by Gasteiger charge is -2.22. The van der Waals surface area contributed by atoms with Crippen LogP contribution in [0.1, 0.15) is 18.0 Å². The quantitative estimate of drug-likeness (QED) is 0.754. The Morgan fingerprint density at radius 3 is 2.94 bits per heavy atom. The molecule has 0 aliphatic carbocycles. The van der Waals surface area contributed by atoms with E-state index < -0.39 is 0 Å². The molecular formula is C12H14N2O2. The Balaban J connectivity index is 1.90. The second-order valence-corrected chi connectivity index (χ2v) is 4.37. The monoisotopic (exact) mass is 218 g/mol. The molecular weight excluding hydrogens is 204 g/mol. The fourth-order valence-electron chi connectivity index (χ4n) is 2.47. The van der Waals surface area contributed by atoms with E-state index in [2.05, 4.69) is 0 Å². The number of carbonyl (C=O) groups excluding carboxylic acids is 1. The zero-order chi connectivity index (χ0) is 11.1. The molecule has 2 N–H and O–H groups in total. The number of benzene rings is 1. The van der Waals surface area contributed by atoms with Gasteiger partial charge in [0.2, 0.25) is 5.91 Å². The predicted octanol–water partition coefficient (Wildman–Crippen LogP) is 0.680. The van der Waals surface area contributed by atoms with Crippen molar-refractivity contribution in [2.75, 3.05) is 13.2 Å². The van der Waals surface area contributed by atoms with Gasteiger partial charge < -0.3 is 15.4 Å². The maximum absolute atomic E-state index is 11.8. The van der Waals surface area contributed by atoms with Crippen LogP contribution in [0.15, 0.2) is 24.3 Å². The van der Waals surface area contributed by atoms with Crippen molar-refractivity contribution in [3.63, 3.8) is 0 Å². The fraction of sp³-hybridized carbons (Fsp3) is 0.417. The van der Waals surface area contributed by atoms with Gasteiger partial charge in [-0.1, -0.05) is 18.2 Å². The molecule has 1 aromatic rings. The van der Waals surface area contributed by atoms with E-state index >= 15 is 0 Å². The van der Waals surface area contributed by atoms with Crippen LogP contribution in [0.2, 0.25) is 0 Å². The standard InChI is InChI=1S/C12H14N2O2/c13-8-5-12(15)14(6-8)10-7-16-11-4-2-1-3-9(10)11/h1-4,8,10H,5-7,13H2. The van der Waals surface area contributed by atoms with E-state index in [1.165, 1.54) is 0 Å². The molecule has 2 heterocycles. The van der Waals surface area contributed by atoms with Crippen LogP contribution in [0, 0.1) is 0 Å². The van der Waals surface area contributed by atoms with E-state index in [0.29, 0.717) is 19.6 Å². The first-order valence-electron chi connectivity index (χ1n) is 5.52. The molecule has 0 saturated carbocycles. The minimum atomic E-state index is -0.0275. The first-order valence-corrected chi connectivity index (χ1v) is 5.52. The summed E-state index contributed by atoms with van der Waals surface area (Å²) in [5.41, 5.74) is 6.90. The summed E-state index contributed by atoms with van der Waals surface area (Å²) < 4.78 is 5.57. The fourth-order valence-corrected chi connectivity index (χ4v) is 2.47. The first kappa shape index (κ1) is 9.66. The van der Waals surface area contributed by atoms with Gasteiger partial charge in [0, 0.05) is 24.6 Å². The summed E-state index contributed by atoms with van der Waals surface area (Å²) >= 11 is 0. The van der Waals surface area contributed by atoms with Crippen molar-refractivity contribution in [1.82, 2.24) is 4.90 Å². The smallest absolute Gasteiger partial charge is 0.224 e. The molecule has 1 aromatic carbocycles. The molecule has 2 aliphatic rings. The molecule has 84 valence electrons. The van der Waals surface area contributed by atoms with Gasteiger partial charge in [0.25, 0.3) is 0 Å². The third-order valence-electron chi connectivity index (χ3n) is 3.24. The Labute approximate surface area is 94.0 Å². The molecule has 4 heteroatoms. The highest BCUT2D eigenvalue weighted by molar-refractivity contribution is 5.80. The zero-order valence-corrected chi connectivity index (χ0v) is 8.93. The van der Waals surface area contributed by atoms with Gasteiger partial charge in [-0.3, -0.25) is 4.79 Å². The van der Waals surface area contributed by atoms with Crippen molar-refractivity contribution in [2.45, 2.75) is 18.5 Å². The van der Waals surface area contributed by atoms with E-state index in [4.69, 9.17) is 10.5 Å². The third-order valence-corrected chi connectivity index (χ3v) is 3.24. The Morgan fingerprint density at radius 1 is 1.38 bits per heavy atom. The van der Waals surface area contributed by atoms with Crippen molar-refractivity contribution < 1.29 is 9.53 Å². The lowest BCUT2D eigenvalue weighted by atomic mass is 10.1. The molecule has 4 nitrogen and oxygen atoms in total. The van der Waals surface area contributed by atoms with Crippen molar-refractivity contribution >= 4 is 5.91 Å². The number of fused-ring (bicyclic) bond motifs is 1. The van der Waals surface area contributed by atoms with Crippen LogP contribution in [-0.2, 0) is 4.79 Å². The van der Waals surface area contributed by atoms with Crippen LogP contribution < -0.4 is 10.5 Å². The topological polar surface area (TPSA) is 55.6 Å². The number of amides is 1. The average molecular weight is 218 g/mol. The molecule has 0 spiro atoms. The molecule has 0 aromatic heterocycles. The third kappa shape index (κ3) is 1.38. The summed E-state index contributed by atoms with van der Waals surface area (Å²) in [6.45, 7) is 1.19. The largest absolute Gasteiger partial charge is 0.491 e. The summed E-state index contributed by atoms with van der Waals surface area (Å²) in [6.07, 6.45) is 0.457. The Hall–Kier alpha value is -1.55. The minimum Gasteiger partial charge on any atom is -0.491 e. The SMILES string of the molecule is NC1CC(=O)N(C2COc3ccccc32)C1.